The molecule has 1 atom stereocenters. The maximum Gasteiger partial charge on any atom is 0.410 e. The summed E-state index contributed by atoms with van der Waals surface area (Å²) < 4.78 is 5.39. The molecule has 2 fully saturated rings. The third kappa shape index (κ3) is 5.58. The summed E-state index contributed by atoms with van der Waals surface area (Å²) in [6.07, 6.45) is -0.239. The van der Waals surface area contributed by atoms with Gasteiger partial charge in [0.2, 0.25) is 5.91 Å². The van der Waals surface area contributed by atoms with Crippen LogP contribution in [0, 0.1) is 0 Å². The average molecular weight is 424 g/mol. The van der Waals surface area contributed by atoms with Crippen molar-refractivity contribution < 1.29 is 14.3 Å². The van der Waals surface area contributed by atoms with E-state index in [4.69, 9.17) is 4.74 Å². The molecule has 2 aliphatic heterocycles. The summed E-state index contributed by atoms with van der Waals surface area (Å²) in [5.74, 6) is 0.647. The summed E-state index contributed by atoms with van der Waals surface area (Å²) in [5.41, 5.74) is 1.91. The zero-order valence-corrected chi connectivity index (χ0v) is 18.5. The lowest BCUT2D eigenvalue weighted by atomic mass is 10.1. The standard InChI is InChI=1S/C20H29N3O3S2/c1-20(2,3)26-18(25)22-10-8-21(9-11-22)12-15-6-4-5-7-16(15)13-23-17(24)14-28-19(23)27/h4-7,19,27H,8-14H2,1-3H3. The number of thioether (sulfide) groups is 1. The first kappa shape index (κ1) is 21.3. The van der Waals surface area contributed by atoms with E-state index in [1.807, 2.05) is 37.8 Å². The van der Waals surface area contributed by atoms with Crippen LogP contribution in [0.15, 0.2) is 24.3 Å². The van der Waals surface area contributed by atoms with Crippen molar-refractivity contribution in [3.8, 4) is 0 Å². The summed E-state index contributed by atoms with van der Waals surface area (Å²) in [4.78, 5) is 30.3. The summed E-state index contributed by atoms with van der Waals surface area (Å²) in [5, 5.41) is 0. The molecule has 8 heteroatoms. The van der Waals surface area contributed by atoms with E-state index < -0.39 is 5.60 Å². The highest BCUT2D eigenvalue weighted by molar-refractivity contribution is 8.11. The molecule has 2 heterocycles. The highest BCUT2D eigenvalue weighted by Crippen LogP contribution is 2.30. The quantitative estimate of drug-likeness (QED) is 0.755. The normalized spacial score (nSPS) is 21.3. The molecule has 0 saturated carbocycles. The largest absolute Gasteiger partial charge is 0.444 e. The van der Waals surface area contributed by atoms with Crippen LogP contribution in [-0.2, 0) is 22.6 Å². The molecule has 154 valence electrons. The molecule has 2 aliphatic rings. The van der Waals surface area contributed by atoms with Gasteiger partial charge in [-0.05, 0) is 31.9 Å². The molecular weight excluding hydrogens is 394 g/mol. The number of hydrogen-bond donors (Lipinski definition) is 1. The van der Waals surface area contributed by atoms with Crippen LogP contribution in [0.3, 0.4) is 0 Å². The molecule has 28 heavy (non-hydrogen) atoms. The molecule has 0 aliphatic carbocycles. The van der Waals surface area contributed by atoms with Crippen LogP contribution in [0.1, 0.15) is 31.9 Å². The van der Waals surface area contributed by atoms with E-state index in [1.165, 1.54) is 5.56 Å². The van der Waals surface area contributed by atoms with Crippen molar-refractivity contribution in [3.05, 3.63) is 35.4 Å². The Bertz CT molecular complexity index is 715. The van der Waals surface area contributed by atoms with Gasteiger partial charge < -0.3 is 14.5 Å². The predicted molar refractivity (Wildman–Crippen MR) is 115 cm³/mol. The first-order valence-electron chi connectivity index (χ1n) is 9.59. The lowest BCUT2D eigenvalue weighted by Crippen LogP contribution is -2.49. The maximum absolute atomic E-state index is 12.2. The van der Waals surface area contributed by atoms with Gasteiger partial charge in [-0.1, -0.05) is 24.3 Å². The number of carbonyl (C=O) groups excluding carboxylic acids is 2. The van der Waals surface area contributed by atoms with Crippen LogP contribution in [0.2, 0.25) is 0 Å². The van der Waals surface area contributed by atoms with E-state index in [1.54, 1.807) is 16.7 Å². The second-order valence-electron chi connectivity index (χ2n) is 8.17. The highest BCUT2D eigenvalue weighted by atomic mass is 32.2. The third-order valence-electron chi connectivity index (χ3n) is 4.82. The van der Waals surface area contributed by atoms with Gasteiger partial charge in [0.25, 0.3) is 0 Å². The Morgan fingerprint density at radius 2 is 1.75 bits per heavy atom. The van der Waals surface area contributed by atoms with E-state index >= 15 is 0 Å². The van der Waals surface area contributed by atoms with Crippen molar-refractivity contribution >= 4 is 36.4 Å². The van der Waals surface area contributed by atoms with Crippen LogP contribution >= 0.6 is 24.4 Å². The average Bonchev–Trinajstić information content (AvgIpc) is 2.94. The molecule has 2 saturated heterocycles. The summed E-state index contributed by atoms with van der Waals surface area (Å²) in [6.45, 7) is 10.0. The molecule has 6 nitrogen and oxygen atoms in total. The van der Waals surface area contributed by atoms with Crippen molar-refractivity contribution in [3.63, 3.8) is 0 Å². The van der Waals surface area contributed by atoms with Crippen molar-refractivity contribution in [2.24, 2.45) is 0 Å². The smallest absolute Gasteiger partial charge is 0.410 e. The number of amides is 2. The maximum atomic E-state index is 12.2. The number of thiol groups is 1. The topological polar surface area (TPSA) is 53.1 Å². The minimum absolute atomic E-state index is 0.0714. The first-order valence-corrected chi connectivity index (χ1v) is 11.2. The van der Waals surface area contributed by atoms with Crippen LogP contribution in [0.4, 0.5) is 4.79 Å². The molecule has 1 aromatic rings. The van der Waals surface area contributed by atoms with Gasteiger partial charge in [-0.3, -0.25) is 9.69 Å². The molecular formula is C20H29N3O3S2. The Kier molecular flexibility index (Phi) is 6.83. The number of benzene rings is 1. The molecule has 0 spiro atoms. The van der Waals surface area contributed by atoms with Crippen molar-refractivity contribution in [1.29, 1.82) is 0 Å². The molecule has 1 aromatic carbocycles. The van der Waals surface area contributed by atoms with Crippen LogP contribution in [0.25, 0.3) is 0 Å². The molecule has 3 rings (SSSR count). The minimum Gasteiger partial charge on any atom is -0.444 e. The van der Waals surface area contributed by atoms with E-state index in [-0.39, 0.29) is 16.7 Å². The van der Waals surface area contributed by atoms with Gasteiger partial charge in [0.15, 0.2) is 0 Å². The molecule has 2 amide bonds. The molecule has 0 bridgehead atoms. The van der Waals surface area contributed by atoms with E-state index in [9.17, 15) is 9.59 Å². The number of carbonyl (C=O) groups is 2. The Labute approximate surface area is 177 Å². The fourth-order valence-electron chi connectivity index (χ4n) is 3.31. The van der Waals surface area contributed by atoms with E-state index in [0.29, 0.717) is 25.4 Å². The third-order valence-corrected chi connectivity index (χ3v) is 6.51. The zero-order valence-electron chi connectivity index (χ0n) is 16.8. The van der Waals surface area contributed by atoms with Crippen molar-refractivity contribution in [2.45, 2.75) is 44.2 Å². The fraction of sp³-hybridized carbons (Fsp3) is 0.600. The van der Waals surface area contributed by atoms with Crippen LogP contribution in [-0.4, -0.2) is 68.9 Å². The SMILES string of the molecule is CC(C)(C)OC(=O)N1CCN(Cc2ccccc2CN2C(=O)CSC2S)CC1. The van der Waals surface area contributed by atoms with Gasteiger partial charge in [-0.2, -0.15) is 0 Å². The Morgan fingerprint density at radius 1 is 1.14 bits per heavy atom. The molecule has 1 unspecified atom stereocenters. The van der Waals surface area contributed by atoms with Gasteiger partial charge in [0.1, 0.15) is 10.3 Å². The Hall–Kier alpha value is -1.38. The fourth-order valence-corrected chi connectivity index (χ4v) is 4.58. The zero-order chi connectivity index (χ0) is 20.3. The van der Waals surface area contributed by atoms with Gasteiger partial charge >= 0.3 is 6.09 Å². The molecule has 0 aromatic heterocycles. The van der Waals surface area contributed by atoms with E-state index in [2.05, 4.69) is 29.7 Å². The summed E-state index contributed by atoms with van der Waals surface area (Å²) in [7, 11) is 0. The monoisotopic (exact) mass is 423 g/mol. The first-order chi connectivity index (χ1) is 13.2. The number of nitrogens with zero attached hydrogens (tertiary/aromatic N) is 3. The van der Waals surface area contributed by atoms with Gasteiger partial charge in [0, 0.05) is 39.3 Å². The second-order valence-corrected chi connectivity index (χ2v) is 10.1. The number of rotatable bonds is 4. The lowest BCUT2D eigenvalue weighted by Gasteiger charge is -2.36. The van der Waals surface area contributed by atoms with Crippen LogP contribution in [0.5, 0.6) is 0 Å². The van der Waals surface area contributed by atoms with Gasteiger partial charge in [-0.25, -0.2) is 4.79 Å². The number of hydrogen-bond acceptors (Lipinski definition) is 6. The van der Waals surface area contributed by atoms with E-state index in [0.717, 1.165) is 25.2 Å². The highest BCUT2D eigenvalue weighted by Gasteiger charge is 2.30. The van der Waals surface area contributed by atoms with Crippen molar-refractivity contribution in [1.82, 2.24) is 14.7 Å². The number of piperazine rings is 1. The van der Waals surface area contributed by atoms with Crippen molar-refractivity contribution in [2.75, 3.05) is 31.9 Å². The summed E-state index contributed by atoms with van der Waals surface area (Å²) >= 11 is 6.07. The lowest BCUT2D eigenvalue weighted by molar-refractivity contribution is -0.127. The predicted octanol–water partition coefficient (Wildman–Crippen LogP) is 3.03. The van der Waals surface area contributed by atoms with Crippen LogP contribution < -0.4 is 0 Å². The summed E-state index contributed by atoms with van der Waals surface area (Å²) in [6, 6.07) is 8.26. The number of ether oxygens (including phenoxy) is 1. The Morgan fingerprint density at radius 3 is 2.29 bits per heavy atom. The molecule has 0 N–H and O–H groups in total. The van der Waals surface area contributed by atoms with Gasteiger partial charge in [-0.15, -0.1) is 24.4 Å². The molecule has 0 radical (unpaired) electrons. The Balaban J connectivity index is 1.57. The van der Waals surface area contributed by atoms with Gasteiger partial charge in [0.05, 0.1) is 5.75 Å². The second kappa shape index (κ2) is 8.97. The minimum atomic E-state index is -0.469.